The van der Waals surface area contributed by atoms with E-state index < -0.39 is 6.09 Å². The van der Waals surface area contributed by atoms with Crippen LogP contribution < -0.4 is 5.06 Å². The summed E-state index contributed by atoms with van der Waals surface area (Å²) < 4.78 is 4.70. The molecule has 10 heteroatoms. The lowest BCUT2D eigenvalue weighted by atomic mass is 10.2. The lowest BCUT2D eigenvalue weighted by Gasteiger charge is -2.20. The number of hydrogen-bond donors (Lipinski definition) is 0. The van der Waals surface area contributed by atoms with E-state index in [1.807, 2.05) is 0 Å². The summed E-state index contributed by atoms with van der Waals surface area (Å²) >= 11 is 0. The van der Waals surface area contributed by atoms with Crippen LogP contribution in [-0.4, -0.2) is 51.7 Å². The topological polar surface area (TPSA) is 104 Å². The number of amides is 1. The molecule has 0 spiro atoms. The summed E-state index contributed by atoms with van der Waals surface area (Å²) in [5.74, 6) is 0. The average molecular weight is 380 g/mol. The number of carbonyl (C=O) groups is 1. The van der Waals surface area contributed by atoms with Crippen LogP contribution >= 0.6 is 0 Å². The Morgan fingerprint density at radius 3 is 2.19 bits per heavy atom. The van der Waals surface area contributed by atoms with Crippen LogP contribution in [0.1, 0.15) is 19.4 Å². The second-order valence-electron chi connectivity index (χ2n) is 5.01. The molecule has 1 amide bonds. The number of anilines is 1. The minimum atomic E-state index is -0.662. The molecule has 0 N–H and O–H groups in total. The molecule has 1 rings (SSSR count). The van der Waals surface area contributed by atoms with Gasteiger partial charge in [0.2, 0.25) is 0 Å². The standard InChI is InChI=1S/C17H24N4O6/c1-12(18-24-4)16(20-25-5)13(2)19-27-11-14-9-7-8-10-15(14)21(26-6)17(22)23-3/h7-10H,11H2,1-6H3/b18-12-,19-13-,20-16-. The van der Waals surface area contributed by atoms with E-state index >= 15 is 0 Å². The van der Waals surface area contributed by atoms with E-state index in [-0.39, 0.29) is 6.61 Å². The Hall–Kier alpha value is -3.14. The average Bonchev–Trinajstić information content (AvgIpc) is 2.67. The van der Waals surface area contributed by atoms with Crippen molar-refractivity contribution in [2.45, 2.75) is 20.5 Å². The molecule has 0 aliphatic carbocycles. The van der Waals surface area contributed by atoms with Crippen LogP contribution in [-0.2, 0) is 30.7 Å². The molecule has 0 fully saturated rings. The van der Waals surface area contributed by atoms with Gasteiger partial charge in [0, 0.05) is 5.56 Å². The highest BCUT2D eigenvalue weighted by Crippen LogP contribution is 2.22. The molecule has 1 aromatic rings. The maximum Gasteiger partial charge on any atom is 0.438 e. The summed E-state index contributed by atoms with van der Waals surface area (Å²) in [7, 11) is 5.47. The van der Waals surface area contributed by atoms with Gasteiger partial charge in [0.25, 0.3) is 0 Å². The van der Waals surface area contributed by atoms with Crippen molar-refractivity contribution in [2.24, 2.45) is 15.5 Å². The highest BCUT2D eigenvalue weighted by molar-refractivity contribution is 6.67. The van der Waals surface area contributed by atoms with Crippen LogP contribution in [0.5, 0.6) is 0 Å². The summed E-state index contributed by atoms with van der Waals surface area (Å²) in [5, 5.41) is 12.7. The molecule has 0 atom stereocenters. The highest BCUT2D eigenvalue weighted by Gasteiger charge is 2.19. The van der Waals surface area contributed by atoms with E-state index in [1.165, 1.54) is 28.4 Å². The smallest absolute Gasteiger partial charge is 0.438 e. The quantitative estimate of drug-likeness (QED) is 0.482. The summed E-state index contributed by atoms with van der Waals surface area (Å²) in [6.45, 7) is 3.46. The summed E-state index contributed by atoms with van der Waals surface area (Å²) in [4.78, 5) is 31.9. The molecule has 0 saturated carbocycles. The number of hydrogen-bond acceptors (Lipinski definition) is 9. The molecule has 0 heterocycles. The van der Waals surface area contributed by atoms with E-state index in [0.29, 0.717) is 28.4 Å². The highest BCUT2D eigenvalue weighted by atomic mass is 16.7. The van der Waals surface area contributed by atoms with Gasteiger partial charge in [-0.15, -0.1) is 0 Å². The van der Waals surface area contributed by atoms with Gasteiger partial charge in [-0.1, -0.05) is 33.7 Å². The number of hydroxylamine groups is 1. The third-order valence-electron chi connectivity index (χ3n) is 3.25. The number of benzene rings is 1. The minimum absolute atomic E-state index is 0.0745. The molecular weight excluding hydrogens is 356 g/mol. The van der Waals surface area contributed by atoms with E-state index in [1.54, 1.807) is 38.1 Å². The normalized spacial score (nSPS) is 12.4. The number of ether oxygens (including phenoxy) is 1. The van der Waals surface area contributed by atoms with Gasteiger partial charge in [0.05, 0.1) is 19.9 Å². The Labute approximate surface area is 157 Å². The minimum Gasteiger partial charge on any atom is -0.451 e. The fourth-order valence-corrected chi connectivity index (χ4v) is 2.09. The number of oxime groups is 3. The fourth-order valence-electron chi connectivity index (χ4n) is 2.09. The second kappa shape index (κ2) is 11.5. The molecule has 148 valence electrons. The van der Waals surface area contributed by atoms with Crippen LogP contribution in [0.25, 0.3) is 0 Å². The first-order chi connectivity index (χ1) is 13.0. The molecule has 0 aliphatic heterocycles. The molecule has 0 saturated heterocycles. The molecule has 0 unspecified atom stereocenters. The Kier molecular flexibility index (Phi) is 9.30. The van der Waals surface area contributed by atoms with Crippen molar-refractivity contribution in [1.29, 1.82) is 0 Å². The van der Waals surface area contributed by atoms with E-state index in [0.717, 1.165) is 5.06 Å². The molecule has 27 heavy (non-hydrogen) atoms. The lowest BCUT2D eigenvalue weighted by Crippen LogP contribution is -2.30. The fraction of sp³-hybridized carbons (Fsp3) is 0.412. The Morgan fingerprint density at radius 2 is 1.59 bits per heavy atom. The maximum atomic E-state index is 11.8. The van der Waals surface area contributed by atoms with Gasteiger partial charge in [-0.25, -0.2) is 4.79 Å². The van der Waals surface area contributed by atoms with E-state index in [9.17, 15) is 4.79 Å². The number of rotatable bonds is 9. The first-order valence-corrected chi connectivity index (χ1v) is 7.86. The van der Waals surface area contributed by atoms with Crippen LogP contribution in [0.15, 0.2) is 39.7 Å². The number of para-hydroxylation sites is 1. The summed E-state index contributed by atoms with van der Waals surface area (Å²) in [6, 6.07) is 7.03. The molecule has 0 bridgehead atoms. The van der Waals surface area contributed by atoms with Crippen LogP contribution in [0.3, 0.4) is 0 Å². The zero-order chi connectivity index (χ0) is 20.2. The molecule has 0 aromatic heterocycles. The monoisotopic (exact) mass is 380 g/mol. The van der Waals surface area contributed by atoms with Crippen LogP contribution in [0.2, 0.25) is 0 Å². The van der Waals surface area contributed by atoms with Crippen molar-refractivity contribution in [2.75, 3.05) is 33.5 Å². The number of carbonyl (C=O) groups excluding carboxylic acids is 1. The Morgan fingerprint density at radius 1 is 0.963 bits per heavy atom. The third-order valence-corrected chi connectivity index (χ3v) is 3.25. The summed E-state index contributed by atoms with van der Waals surface area (Å²) in [5.41, 5.74) is 2.42. The van der Waals surface area contributed by atoms with Crippen LogP contribution in [0.4, 0.5) is 10.5 Å². The first kappa shape index (κ1) is 21.9. The first-order valence-electron chi connectivity index (χ1n) is 7.86. The van der Waals surface area contributed by atoms with E-state index in [2.05, 4.69) is 15.5 Å². The lowest BCUT2D eigenvalue weighted by molar-refractivity contribution is 0.111. The van der Waals surface area contributed by atoms with Crippen molar-refractivity contribution in [3.8, 4) is 0 Å². The SMILES string of the molecule is CO\N=C(C)/C(=N/OC)C(/C)=N\OCc1ccccc1N(OC)C(=O)OC. The zero-order valence-corrected chi connectivity index (χ0v) is 16.3. The third kappa shape index (κ3) is 6.26. The molecule has 0 aliphatic rings. The predicted molar refractivity (Wildman–Crippen MR) is 101 cm³/mol. The molecular formula is C17H24N4O6. The van der Waals surface area contributed by atoms with Crippen molar-refractivity contribution in [1.82, 2.24) is 0 Å². The zero-order valence-electron chi connectivity index (χ0n) is 16.3. The van der Waals surface area contributed by atoms with Crippen molar-refractivity contribution < 1.29 is 28.9 Å². The van der Waals surface area contributed by atoms with Gasteiger partial charge in [0.15, 0.2) is 5.71 Å². The molecule has 0 radical (unpaired) electrons. The van der Waals surface area contributed by atoms with Gasteiger partial charge >= 0.3 is 6.09 Å². The van der Waals surface area contributed by atoms with Gasteiger partial charge in [-0.3, -0.25) is 4.84 Å². The van der Waals surface area contributed by atoms with E-state index in [4.69, 9.17) is 24.1 Å². The van der Waals surface area contributed by atoms with Crippen LogP contribution in [0, 0.1) is 0 Å². The molecule has 10 nitrogen and oxygen atoms in total. The van der Waals surface area contributed by atoms with Gasteiger partial charge < -0.3 is 19.2 Å². The Balaban J connectivity index is 2.98. The Bertz CT molecular complexity index is 717. The van der Waals surface area contributed by atoms with Gasteiger partial charge in [0.1, 0.15) is 32.2 Å². The van der Waals surface area contributed by atoms with Gasteiger partial charge in [-0.05, 0) is 19.9 Å². The van der Waals surface area contributed by atoms with Crippen molar-refractivity contribution >= 4 is 28.9 Å². The predicted octanol–water partition coefficient (Wildman–Crippen LogP) is 2.74. The second-order valence-corrected chi connectivity index (χ2v) is 5.01. The largest absolute Gasteiger partial charge is 0.451 e. The number of nitrogens with zero attached hydrogens (tertiary/aromatic N) is 4. The number of methoxy groups -OCH3 is 1. The van der Waals surface area contributed by atoms with Crippen molar-refractivity contribution in [3.05, 3.63) is 29.8 Å². The van der Waals surface area contributed by atoms with Gasteiger partial charge in [-0.2, -0.15) is 5.06 Å². The maximum absolute atomic E-state index is 11.8. The molecule has 1 aromatic carbocycles. The van der Waals surface area contributed by atoms with Crippen molar-refractivity contribution in [3.63, 3.8) is 0 Å². The summed E-state index contributed by atoms with van der Waals surface area (Å²) in [6.07, 6.45) is -0.662.